The molecular formula is C14H10F3NO2. The maximum atomic E-state index is 13.6. The molecule has 20 heavy (non-hydrogen) atoms. The van der Waals surface area contributed by atoms with Crippen molar-refractivity contribution in [2.24, 2.45) is 0 Å². The SMILES string of the molecule is COc1cc(C(=O)c2c(F)cc(F)cc2F)ccc1N. The van der Waals surface area contributed by atoms with E-state index in [-0.39, 0.29) is 17.0 Å². The van der Waals surface area contributed by atoms with Crippen molar-refractivity contribution in [3.63, 3.8) is 0 Å². The molecular weight excluding hydrogens is 271 g/mol. The van der Waals surface area contributed by atoms with Gasteiger partial charge < -0.3 is 10.5 Å². The average molecular weight is 281 g/mol. The highest BCUT2D eigenvalue weighted by Gasteiger charge is 2.21. The van der Waals surface area contributed by atoms with E-state index in [9.17, 15) is 18.0 Å². The van der Waals surface area contributed by atoms with Gasteiger partial charge in [0.1, 0.15) is 23.2 Å². The van der Waals surface area contributed by atoms with E-state index < -0.39 is 28.8 Å². The van der Waals surface area contributed by atoms with Gasteiger partial charge in [-0.1, -0.05) is 0 Å². The third-order valence-electron chi connectivity index (χ3n) is 2.73. The highest BCUT2D eigenvalue weighted by atomic mass is 19.1. The Hall–Kier alpha value is -2.50. The Labute approximate surface area is 112 Å². The number of methoxy groups -OCH3 is 1. The molecule has 0 amide bonds. The van der Waals surface area contributed by atoms with Crippen molar-refractivity contribution < 1.29 is 22.7 Å². The Bertz CT molecular complexity index is 663. The summed E-state index contributed by atoms with van der Waals surface area (Å²) in [7, 11) is 1.35. The molecule has 3 nitrogen and oxygen atoms in total. The van der Waals surface area contributed by atoms with Gasteiger partial charge in [-0.05, 0) is 18.2 Å². The predicted molar refractivity (Wildman–Crippen MR) is 67.2 cm³/mol. The predicted octanol–water partition coefficient (Wildman–Crippen LogP) is 2.93. The van der Waals surface area contributed by atoms with E-state index in [1.165, 1.54) is 25.3 Å². The molecule has 0 heterocycles. The van der Waals surface area contributed by atoms with Gasteiger partial charge >= 0.3 is 0 Å². The zero-order chi connectivity index (χ0) is 14.9. The van der Waals surface area contributed by atoms with Crippen molar-refractivity contribution in [2.45, 2.75) is 0 Å². The summed E-state index contributed by atoms with van der Waals surface area (Å²) in [5.41, 5.74) is 5.03. The van der Waals surface area contributed by atoms with Crippen LogP contribution in [0.15, 0.2) is 30.3 Å². The van der Waals surface area contributed by atoms with Gasteiger partial charge in [0.05, 0.1) is 18.4 Å². The number of hydrogen-bond donors (Lipinski definition) is 1. The zero-order valence-electron chi connectivity index (χ0n) is 10.4. The molecule has 0 bridgehead atoms. The molecule has 0 fully saturated rings. The van der Waals surface area contributed by atoms with Gasteiger partial charge in [0.25, 0.3) is 0 Å². The molecule has 104 valence electrons. The summed E-state index contributed by atoms with van der Waals surface area (Å²) in [5.74, 6) is -4.32. The first-order valence-electron chi connectivity index (χ1n) is 5.56. The van der Waals surface area contributed by atoms with Crippen LogP contribution in [0.5, 0.6) is 5.75 Å². The monoisotopic (exact) mass is 281 g/mol. The normalized spacial score (nSPS) is 10.4. The number of halogens is 3. The number of nitrogen functional groups attached to an aromatic ring is 1. The van der Waals surface area contributed by atoms with Crippen molar-refractivity contribution in [2.75, 3.05) is 12.8 Å². The number of carbonyl (C=O) groups is 1. The second-order valence-electron chi connectivity index (χ2n) is 4.03. The molecule has 2 aromatic carbocycles. The van der Waals surface area contributed by atoms with Crippen molar-refractivity contribution >= 4 is 11.5 Å². The van der Waals surface area contributed by atoms with Crippen LogP contribution in [0, 0.1) is 17.5 Å². The maximum absolute atomic E-state index is 13.6. The number of carbonyl (C=O) groups excluding carboxylic acids is 1. The number of rotatable bonds is 3. The van der Waals surface area contributed by atoms with Gasteiger partial charge in [0.15, 0.2) is 5.78 Å². The molecule has 0 aliphatic heterocycles. The van der Waals surface area contributed by atoms with E-state index >= 15 is 0 Å². The summed E-state index contributed by atoms with van der Waals surface area (Å²) in [5, 5.41) is 0. The average Bonchev–Trinajstić information content (AvgIpc) is 2.37. The summed E-state index contributed by atoms with van der Waals surface area (Å²) >= 11 is 0. The van der Waals surface area contributed by atoms with Crippen molar-refractivity contribution in [1.82, 2.24) is 0 Å². The lowest BCUT2D eigenvalue weighted by Gasteiger charge is -2.08. The molecule has 0 spiro atoms. The van der Waals surface area contributed by atoms with Crippen molar-refractivity contribution in [1.29, 1.82) is 0 Å². The molecule has 0 aromatic heterocycles. The molecule has 0 radical (unpaired) electrons. The lowest BCUT2D eigenvalue weighted by Crippen LogP contribution is -2.09. The zero-order valence-corrected chi connectivity index (χ0v) is 10.4. The number of benzene rings is 2. The molecule has 0 saturated heterocycles. The third-order valence-corrected chi connectivity index (χ3v) is 2.73. The molecule has 0 aliphatic rings. The third kappa shape index (κ3) is 2.45. The van der Waals surface area contributed by atoms with E-state index in [1.54, 1.807) is 0 Å². The second-order valence-corrected chi connectivity index (χ2v) is 4.03. The first-order chi connectivity index (χ1) is 9.43. The highest BCUT2D eigenvalue weighted by Crippen LogP contribution is 2.25. The minimum Gasteiger partial charge on any atom is -0.495 e. The van der Waals surface area contributed by atoms with Crippen LogP contribution in [-0.4, -0.2) is 12.9 Å². The Kier molecular flexibility index (Phi) is 3.65. The molecule has 0 atom stereocenters. The van der Waals surface area contributed by atoms with Crippen LogP contribution < -0.4 is 10.5 Å². The van der Waals surface area contributed by atoms with Crippen LogP contribution in [0.2, 0.25) is 0 Å². The Morgan fingerprint density at radius 1 is 1.10 bits per heavy atom. The first-order valence-corrected chi connectivity index (χ1v) is 5.56. The minimum absolute atomic E-state index is 0.0135. The molecule has 0 unspecified atom stereocenters. The maximum Gasteiger partial charge on any atom is 0.199 e. The van der Waals surface area contributed by atoms with Crippen LogP contribution in [0.3, 0.4) is 0 Å². The van der Waals surface area contributed by atoms with Crippen LogP contribution in [-0.2, 0) is 0 Å². The van der Waals surface area contributed by atoms with E-state index in [0.29, 0.717) is 12.1 Å². The standard InChI is InChI=1S/C14H10F3NO2/c1-20-12-4-7(2-3-11(12)18)14(19)13-9(16)5-8(15)6-10(13)17/h2-6H,18H2,1H3. The van der Waals surface area contributed by atoms with Crippen LogP contribution in [0.1, 0.15) is 15.9 Å². The van der Waals surface area contributed by atoms with Crippen LogP contribution in [0.4, 0.5) is 18.9 Å². The Balaban J connectivity index is 2.52. The van der Waals surface area contributed by atoms with Crippen LogP contribution in [0.25, 0.3) is 0 Å². The van der Waals surface area contributed by atoms with Crippen molar-refractivity contribution in [3.8, 4) is 5.75 Å². The fourth-order valence-corrected chi connectivity index (χ4v) is 1.76. The fourth-order valence-electron chi connectivity index (χ4n) is 1.76. The number of ketones is 1. The molecule has 2 aromatic rings. The van der Waals surface area contributed by atoms with Gasteiger partial charge in [-0.3, -0.25) is 4.79 Å². The second kappa shape index (κ2) is 5.24. The van der Waals surface area contributed by atoms with E-state index in [1.807, 2.05) is 0 Å². The van der Waals surface area contributed by atoms with E-state index in [0.717, 1.165) is 0 Å². The highest BCUT2D eigenvalue weighted by molar-refractivity contribution is 6.09. The summed E-state index contributed by atoms with van der Waals surface area (Å²) in [6.07, 6.45) is 0. The van der Waals surface area contributed by atoms with E-state index in [2.05, 4.69) is 0 Å². The van der Waals surface area contributed by atoms with Gasteiger partial charge in [0, 0.05) is 17.7 Å². The number of ether oxygens (including phenoxy) is 1. The molecule has 2 rings (SSSR count). The topological polar surface area (TPSA) is 52.3 Å². The van der Waals surface area contributed by atoms with Gasteiger partial charge in [-0.15, -0.1) is 0 Å². The fraction of sp³-hybridized carbons (Fsp3) is 0.0714. The molecule has 0 aliphatic carbocycles. The molecule has 6 heteroatoms. The first kappa shape index (κ1) is 13.9. The Morgan fingerprint density at radius 3 is 2.25 bits per heavy atom. The van der Waals surface area contributed by atoms with Gasteiger partial charge in [-0.2, -0.15) is 0 Å². The summed E-state index contributed by atoms with van der Waals surface area (Å²) in [4.78, 5) is 12.1. The van der Waals surface area contributed by atoms with Crippen molar-refractivity contribution in [3.05, 3.63) is 58.9 Å². The van der Waals surface area contributed by atoms with Gasteiger partial charge in [-0.25, -0.2) is 13.2 Å². The number of anilines is 1. The summed E-state index contributed by atoms with van der Waals surface area (Å²) in [6, 6.07) is 4.85. The Morgan fingerprint density at radius 2 is 1.70 bits per heavy atom. The van der Waals surface area contributed by atoms with Crippen LogP contribution >= 0.6 is 0 Å². The quantitative estimate of drug-likeness (QED) is 0.695. The lowest BCUT2D eigenvalue weighted by molar-refractivity contribution is 0.103. The lowest BCUT2D eigenvalue weighted by atomic mass is 10.0. The van der Waals surface area contributed by atoms with Gasteiger partial charge in [0.2, 0.25) is 0 Å². The van der Waals surface area contributed by atoms with E-state index in [4.69, 9.17) is 10.5 Å². The molecule has 0 saturated carbocycles. The number of hydrogen-bond acceptors (Lipinski definition) is 3. The largest absolute Gasteiger partial charge is 0.495 e. The molecule has 2 N–H and O–H groups in total. The number of nitrogens with two attached hydrogens (primary N) is 1. The summed E-state index contributed by atoms with van der Waals surface area (Å²) < 4.78 is 44.8. The minimum atomic E-state index is -1.26. The smallest absolute Gasteiger partial charge is 0.199 e. The summed E-state index contributed by atoms with van der Waals surface area (Å²) in [6.45, 7) is 0.